The van der Waals surface area contributed by atoms with Crippen LogP contribution in [0.15, 0.2) is 54.6 Å². The Morgan fingerprint density at radius 3 is 2.42 bits per heavy atom. The first-order valence-corrected chi connectivity index (χ1v) is 8.74. The van der Waals surface area contributed by atoms with Crippen LogP contribution in [0, 0.1) is 19.7 Å². The average molecular weight is 368 g/mol. The zero-order valence-electron chi connectivity index (χ0n) is 15.0. The van der Waals surface area contributed by atoms with E-state index < -0.39 is 0 Å². The maximum absolute atomic E-state index is 13.0. The summed E-state index contributed by atoms with van der Waals surface area (Å²) in [5.74, 6) is -0.269. The van der Waals surface area contributed by atoms with Crippen molar-refractivity contribution in [1.82, 2.24) is 14.7 Å². The summed E-state index contributed by atoms with van der Waals surface area (Å²) in [5, 5.41) is 8.37. The van der Waals surface area contributed by atoms with E-state index in [0.717, 1.165) is 28.3 Å². The van der Waals surface area contributed by atoms with Crippen molar-refractivity contribution in [2.45, 2.75) is 20.4 Å². The van der Waals surface area contributed by atoms with Crippen molar-refractivity contribution in [3.8, 4) is 5.69 Å². The maximum Gasteiger partial charge on any atom is 0.173 e. The molecule has 1 heterocycles. The van der Waals surface area contributed by atoms with Crippen LogP contribution in [-0.4, -0.2) is 26.8 Å². The van der Waals surface area contributed by atoms with E-state index in [1.165, 1.54) is 12.1 Å². The lowest BCUT2D eigenvalue weighted by Gasteiger charge is -2.21. The van der Waals surface area contributed by atoms with Crippen molar-refractivity contribution in [3.63, 3.8) is 0 Å². The van der Waals surface area contributed by atoms with Crippen LogP contribution >= 0.6 is 12.2 Å². The number of anilines is 1. The summed E-state index contributed by atoms with van der Waals surface area (Å²) in [7, 11) is 1.93. The Morgan fingerprint density at radius 2 is 1.77 bits per heavy atom. The van der Waals surface area contributed by atoms with E-state index in [1.54, 1.807) is 12.1 Å². The summed E-state index contributed by atoms with van der Waals surface area (Å²) in [6.07, 6.45) is 0. The van der Waals surface area contributed by atoms with Crippen molar-refractivity contribution in [1.29, 1.82) is 0 Å². The zero-order chi connectivity index (χ0) is 18.7. The molecule has 6 heteroatoms. The Hall–Kier alpha value is -2.73. The first-order chi connectivity index (χ1) is 12.5. The molecule has 3 aromatic rings. The molecule has 134 valence electrons. The van der Waals surface area contributed by atoms with Crippen LogP contribution in [0.1, 0.15) is 17.0 Å². The molecule has 0 radical (unpaired) electrons. The van der Waals surface area contributed by atoms with Gasteiger partial charge in [0.2, 0.25) is 0 Å². The van der Waals surface area contributed by atoms with Crippen molar-refractivity contribution in [2.75, 3.05) is 12.4 Å². The molecule has 26 heavy (non-hydrogen) atoms. The third-order valence-electron chi connectivity index (χ3n) is 4.28. The molecule has 0 fully saturated rings. The molecule has 0 aliphatic heterocycles. The highest BCUT2D eigenvalue weighted by atomic mass is 32.1. The van der Waals surface area contributed by atoms with Crippen LogP contribution in [0.4, 0.5) is 10.1 Å². The van der Waals surface area contributed by atoms with Gasteiger partial charge < -0.3 is 10.2 Å². The van der Waals surface area contributed by atoms with Crippen LogP contribution in [0.3, 0.4) is 0 Å². The quantitative estimate of drug-likeness (QED) is 0.690. The number of hydrogen-bond donors (Lipinski definition) is 1. The number of rotatable bonds is 4. The minimum absolute atomic E-state index is 0.269. The molecule has 1 N–H and O–H groups in total. The van der Waals surface area contributed by atoms with E-state index in [0.29, 0.717) is 11.7 Å². The molecule has 3 rings (SSSR count). The molecule has 0 saturated carbocycles. The van der Waals surface area contributed by atoms with E-state index in [1.807, 2.05) is 53.9 Å². The molecule has 2 aromatic carbocycles. The molecule has 0 aliphatic rings. The Bertz CT molecular complexity index is 904. The molecular weight excluding hydrogens is 347 g/mol. The molecule has 0 amide bonds. The standard InChI is InChI=1S/C20H21FN4S/c1-14-19(15(2)25(23-14)18-7-5-4-6-8-18)13-24(3)20(26)22-17-11-9-16(21)10-12-17/h4-12H,13H2,1-3H3,(H,22,26). The van der Waals surface area contributed by atoms with Crippen LogP contribution in [-0.2, 0) is 6.54 Å². The summed E-state index contributed by atoms with van der Waals surface area (Å²) in [6.45, 7) is 4.70. The lowest BCUT2D eigenvalue weighted by molar-refractivity contribution is 0.505. The van der Waals surface area contributed by atoms with E-state index >= 15 is 0 Å². The van der Waals surface area contributed by atoms with Gasteiger partial charge in [-0.3, -0.25) is 0 Å². The molecule has 0 atom stereocenters. The number of para-hydroxylation sites is 1. The van der Waals surface area contributed by atoms with Gasteiger partial charge in [-0.2, -0.15) is 5.10 Å². The van der Waals surface area contributed by atoms with Crippen LogP contribution in [0.5, 0.6) is 0 Å². The predicted octanol–water partition coefficient (Wildman–Crippen LogP) is 4.46. The minimum Gasteiger partial charge on any atom is -0.348 e. The molecule has 0 spiro atoms. The van der Waals surface area contributed by atoms with E-state index in [4.69, 9.17) is 12.2 Å². The van der Waals surface area contributed by atoms with Crippen molar-refractivity contribution in [2.24, 2.45) is 0 Å². The second-order valence-electron chi connectivity index (χ2n) is 6.19. The first-order valence-electron chi connectivity index (χ1n) is 8.34. The second-order valence-corrected chi connectivity index (χ2v) is 6.58. The number of nitrogens with zero attached hydrogens (tertiary/aromatic N) is 3. The fourth-order valence-electron chi connectivity index (χ4n) is 2.79. The highest BCUT2D eigenvalue weighted by Crippen LogP contribution is 2.19. The first kappa shape index (κ1) is 18.1. The van der Waals surface area contributed by atoms with Gasteiger partial charge in [0.15, 0.2) is 5.11 Å². The number of nitrogens with one attached hydrogen (secondary N) is 1. The maximum atomic E-state index is 13.0. The number of halogens is 1. The largest absolute Gasteiger partial charge is 0.348 e. The fraction of sp³-hybridized carbons (Fsp3) is 0.200. The number of thiocarbonyl (C=S) groups is 1. The van der Waals surface area contributed by atoms with Crippen molar-refractivity contribution >= 4 is 23.0 Å². The smallest absolute Gasteiger partial charge is 0.173 e. The predicted molar refractivity (Wildman–Crippen MR) is 107 cm³/mol. The van der Waals surface area contributed by atoms with E-state index in [2.05, 4.69) is 17.3 Å². The van der Waals surface area contributed by atoms with E-state index in [9.17, 15) is 4.39 Å². The molecule has 0 saturated heterocycles. The van der Waals surface area contributed by atoms with Crippen LogP contribution < -0.4 is 5.32 Å². The third kappa shape index (κ3) is 3.91. The van der Waals surface area contributed by atoms with Gasteiger partial charge in [0.1, 0.15) is 5.82 Å². The van der Waals surface area contributed by atoms with Gasteiger partial charge in [-0.15, -0.1) is 0 Å². The molecule has 1 aromatic heterocycles. The number of hydrogen-bond acceptors (Lipinski definition) is 2. The lowest BCUT2D eigenvalue weighted by atomic mass is 10.2. The lowest BCUT2D eigenvalue weighted by Crippen LogP contribution is -2.31. The Morgan fingerprint density at radius 1 is 1.12 bits per heavy atom. The second kappa shape index (κ2) is 7.66. The molecule has 4 nitrogen and oxygen atoms in total. The highest BCUT2D eigenvalue weighted by molar-refractivity contribution is 7.80. The van der Waals surface area contributed by atoms with Gasteiger partial charge in [-0.05, 0) is 62.5 Å². The topological polar surface area (TPSA) is 33.1 Å². The Kier molecular flexibility index (Phi) is 5.32. The normalized spacial score (nSPS) is 10.6. The monoisotopic (exact) mass is 368 g/mol. The number of aryl methyl sites for hydroxylation is 1. The van der Waals surface area contributed by atoms with E-state index in [-0.39, 0.29) is 5.82 Å². The summed E-state index contributed by atoms with van der Waals surface area (Å²) in [5.41, 5.74) is 5.00. The van der Waals surface area contributed by atoms with Crippen molar-refractivity contribution in [3.05, 3.63) is 77.4 Å². The summed E-state index contributed by atoms with van der Waals surface area (Å²) in [4.78, 5) is 1.95. The fourth-order valence-corrected chi connectivity index (χ4v) is 2.97. The minimum atomic E-state index is -0.269. The van der Waals surface area contributed by atoms with Crippen LogP contribution in [0.2, 0.25) is 0 Å². The number of benzene rings is 2. The molecule has 0 aliphatic carbocycles. The van der Waals surface area contributed by atoms with Gasteiger partial charge in [0, 0.05) is 30.5 Å². The molecular formula is C20H21FN4S. The summed E-state index contributed by atoms with van der Waals surface area (Å²) in [6, 6.07) is 16.2. The van der Waals surface area contributed by atoms with Gasteiger partial charge in [-0.25, -0.2) is 9.07 Å². The zero-order valence-corrected chi connectivity index (χ0v) is 15.8. The average Bonchev–Trinajstić information content (AvgIpc) is 2.92. The Labute approximate surface area is 158 Å². The number of aromatic nitrogens is 2. The van der Waals surface area contributed by atoms with Crippen molar-refractivity contribution < 1.29 is 4.39 Å². The molecule has 0 unspecified atom stereocenters. The van der Waals surface area contributed by atoms with Crippen LogP contribution in [0.25, 0.3) is 5.69 Å². The van der Waals surface area contributed by atoms with Gasteiger partial charge in [-0.1, -0.05) is 18.2 Å². The SMILES string of the molecule is Cc1nn(-c2ccccc2)c(C)c1CN(C)C(=S)Nc1ccc(F)cc1. The van der Waals surface area contributed by atoms with Gasteiger partial charge >= 0.3 is 0 Å². The van der Waals surface area contributed by atoms with Gasteiger partial charge in [0.25, 0.3) is 0 Å². The third-order valence-corrected chi connectivity index (χ3v) is 4.69. The van der Waals surface area contributed by atoms with Gasteiger partial charge in [0.05, 0.1) is 11.4 Å². The highest BCUT2D eigenvalue weighted by Gasteiger charge is 2.15. The Balaban J connectivity index is 1.75. The summed E-state index contributed by atoms with van der Waals surface area (Å²) >= 11 is 5.47. The summed E-state index contributed by atoms with van der Waals surface area (Å²) < 4.78 is 15.0. The molecule has 0 bridgehead atoms.